The van der Waals surface area contributed by atoms with E-state index in [1.54, 1.807) is 6.92 Å². The molecule has 0 aromatic carbocycles. The van der Waals surface area contributed by atoms with Gasteiger partial charge in [-0.2, -0.15) is 0 Å². The van der Waals surface area contributed by atoms with Crippen LogP contribution in [0.15, 0.2) is 0 Å². The van der Waals surface area contributed by atoms with Crippen LogP contribution in [-0.2, 0) is 9.53 Å². The van der Waals surface area contributed by atoms with Gasteiger partial charge in [0.1, 0.15) is 0 Å². The topological polar surface area (TPSA) is 70.1 Å². The van der Waals surface area contributed by atoms with E-state index in [2.05, 4.69) is 6.92 Å². The van der Waals surface area contributed by atoms with E-state index in [0.717, 1.165) is 19.3 Å². The molecule has 1 aliphatic heterocycles. The summed E-state index contributed by atoms with van der Waals surface area (Å²) in [6.07, 6.45) is 9.39. The number of carbonyl (C=O) groups is 2. The van der Waals surface area contributed by atoms with Crippen molar-refractivity contribution < 1.29 is 19.5 Å². The molecule has 1 heterocycles. The van der Waals surface area contributed by atoms with E-state index in [9.17, 15) is 14.8 Å². The molecule has 1 N–H and O–H groups in total. The standard InChI is InChI=1S/C16H30N2O4/c1-3-5-6-7-8-9-10-11-12-17-14(15(19)22-4-2)13-18(21)16(17)20/h14,21H,3-13H2,1-2H3. The summed E-state index contributed by atoms with van der Waals surface area (Å²) in [5, 5.41) is 10.1. The number of amides is 2. The van der Waals surface area contributed by atoms with Crippen LogP contribution in [0.4, 0.5) is 4.79 Å². The van der Waals surface area contributed by atoms with E-state index in [-0.39, 0.29) is 13.2 Å². The summed E-state index contributed by atoms with van der Waals surface area (Å²) in [6.45, 7) is 4.70. The molecule has 1 rings (SSSR count). The third-order valence-corrected chi connectivity index (χ3v) is 4.00. The molecule has 0 bridgehead atoms. The van der Waals surface area contributed by atoms with E-state index < -0.39 is 18.0 Å². The fourth-order valence-electron chi connectivity index (χ4n) is 2.73. The van der Waals surface area contributed by atoms with Gasteiger partial charge in [-0.15, -0.1) is 0 Å². The first kappa shape index (κ1) is 18.7. The minimum Gasteiger partial charge on any atom is -0.464 e. The van der Waals surface area contributed by atoms with Gasteiger partial charge in [-0.3, -0.25) is 5.21 Å². The van der Waals surface area contributed by atoms with E-state index in [1.807, 2.05) is 0 Å². The number of urea groups is 1. The van der Waals surface area contributed by atoms with Crippen molar-refractivity contribution in [1.29, 1.82) is 0 Å². The highest BCUT2D eigenvalue weighted by Gasteiger charge is 2.41. The molecule has 6 heteroatoms. The lowest BCUT2D eigenvalue weighted by atomic mass is 10.1. The van der Waals surface area contributed by atoms with Crippen LogP contribution < -0.4 is 0 Å². The zero-order valence-electron chi connectivity index (χ0n) is 13.9. The molecule has 0 saturated carbocycles. The van der Waals surface area contributed by atoms with E-state index in [4.69, 9.17) is 4.74 Å². The van der Waals surface area contributed by atoms with Crippen LogP contribution in [0.25, 0.3) is 0 Å². The van der Waals surface area contributed by atoms with Gasteiger partial charge in [0.15, 0.2) is 6.04 Å². The third-order valence-electron chi connectivity index (χ3n) is 4.00. The van der Waals surface area contributed by atoms with Crippen molar-refractivity contribution in [2.45, 2.75) is 71.3 Å². The number of hydrogen-bond donors (Lipinski definition) is 1. The van der Waals surface area contributed by atoms with E-state index in [0.29, 0.717) is 11.6 Å². The number of esters is 1. The van der Waals surface area contributed by atoms with Gasteiger partial charge in [0, 0.05) is 6.54 Å². The smallest absolute Gasteiger partial charge is 0.344 e. The SMILES string of the molecule is CCCCCCCCCCN1C(=O)N(O)CC1C(=O)OCC. The highest BCUT2D eigenvalue weighted by atomic mass is 16.5. The van der Waals surface area contributed by atoms with Crippen molar-refractivity contribution in [3.8, 4) is 0 Å². The maximum absolute atomic E-state index is 11.9. The lowest BCUT2D eigenvalue weighted by molar-refractivity contribution is -0.148. The van der Waals surface area contributed by atoms with Gasteiger partial charge in [0.2, 0.25) is 0 Å². The molecule has 128 valence electrons. The summed E-state index contributed by atoms with van der Waals surface area (Å²) < 4.78 is 4.96. The van der Waals surface area contributed by atoms with Crippen LogP contribution >= 0.6 is 0 Å². The molecule has 0 aromatic heterocycles. The summed E-state index contributed by atoms with van der Waals surface area (Å²) >= 11 is 0. The molecule has 6 nitrogen and oxygen atoms in total. The number of unbranched alkanes of at least 4 members (excludes halogenated alkanes) is 7. The highest BCUT2D eigenvalue weighted by molar-refractivity contribution is 5.86. The summed E-state index contributed by atoms with van der Waals surface area (Å²) in [7, 11) is 0. The fraction of sp³-hybridized carbons (Fsp3) is 0.875. The lowest BCUT2D eigenvalue weighted by Crippen LogP contribution is -2.41. The first-order chi connectivity index (χ1) is 10.6. The van der Waals surface area contributed by atoms with Crippen molar-refractivity contribution in [3.05, 3.63) is 0 Å². The Morgan fingerprint density at radius 3 is 2.32 bits per heavy atom. The first-order valence-electron chi connectivity index (χ1n) is 8.55. The Morgan fingerprint density at radius 2 is 1.73 bits per heavy atom. The Bertz CT molecular complexity index is 349. The Labute approximate surface area is 133 Å². The van der Waals surface area contributed by atoms with Crippen molar-refractivity contribution in [2.24, 2.45) is 0 Å². The van der Waals surface area contributed by atoms with Gasteiger partial charge in [-0.1, -0.05) is 51.9 Å². The number of ether oxygens (including phenoxy) is 1. The predicted octanol–water partition coefficient (Wildman–Crippen LogP) is 3.19. The minimum absolute atomic E-state index is 0.00527. The van der Waals surface area contributed by atoms with Gasteiger partial charge in [-0.25, -0.2) is 14.7 Å². The average molecular weight is 314 g/mol. The highest BCUT2D eigenvalue weighted by Crippen LogP contribution is 2.17. The Hall–Kier alpha value is -1.30. The quantitative estimate of drug-likeness (QED) is 0.361. The second-order valence-electron chi connectivity index (χ2n) is 5.80. The van der Waals surface area contributed by atoms with Gasteiger partial charge < -0.3 is 9.64 Å². The van der Waals surface area contributed by atoms with Crippen LogP contribution in [0, 0.1) is 0 Å². The number of nitrogens with zero attached hydrogens (tertiary/aromatic N) is 2. The molecule has 0 radical (unpaired) electrons. The molecule has 1 saturated heterocycles. The molecule has 22 heavy (non-hydrogen) atoms. The predicted molar refractivity (Wildman–Crippen MR) is 83.6 cm³/mol. The molecule has 1 atom stereocenters. The van der Waals surface area contributed by atoms with Gasteiger partial charge in [0.25, 0.3) is 0 Å². The van der Waals surface area contributed by atoms with Crippen molar-refractivity contribution in [2.75, 3.05) is 19.7 Å². The molecule has 1 unspecified atom stereocenters. The average Bonchev–Trinajstić information content (AvgIpc) is 2.78. The fourth-order valence-corrected chi connectivity index (χ4v) is 2.73. The van der Waals surface area contributed by atoms with Crippen LogP contribution in [-0.4, -0.2) is 52.9 Å². The molecular formula is C16H30N2O4. The van der Waals surface area contributed by atoms with E-state index in [1.165, 1.54) is 37.0 Å². The van der Waals surface area contributed by atoms with Crippen LogP contribution in [0.2, 0.25) is 0 Å². The summed E-state index contributed by atoms with van der Waals surface area (Å²) in [5.41, 5.74) is 0. The molecular weight excluding hydrogens is 284 g/mol. The molecule has 1 aliphatic rings. The van der Waals surface area contributed by atoms with Crippen LogP contribution in [0.3, 0.4) is 0 Å². The number of hydroxylamine groups is 2. The monoisotopic (exact) mass is 314 g/mol. The number of rotatable bonds is 11. The largest absolute Gasteiger partial charge is 0.464 e. The summed E-state index contributed by atoms with van der Waals surface area (Å²) in [4.78, 5) is 25.1. The molecule has 0 aliphatic carbocycles. The maximum atomic E-state index is 11.9. The number of hydrogen-bond acceptors (Lipinski definition) is 4. The van der Waals surface area contributed by atoms with E-state index >= 15 is 0 Å². The third kappa shape index (κ3) is 5.83. The Kier molecular flexibility index (Phi) is 8.89. The van der Waals surface area contributed by atoms with Crippen LogP contribution in [0.1, 0.15) is 65.2 Å². The Balaban J connectivity index is 2.26. The number of carbonyl (C=O) groups excluding carboxylic acids is 2. The van der Waals surface area contributed by atoms with Crippen LogP contribution in [0.5, 0.6) is 0 Å². The molecule has 0 aromatic rings. The summed E-state index contributed by atoms with van der Waals surface area (Å²) in [6, 6.07) is -1.18. The Morgan fingerprint density at radius 1 is 1.14 bits per heavy atom. The zero-order chi connectivity index (χ0) is 16.4. The maximum Gasteiger partial charge on any atom is 0.344 e. The van der Waals surface area contributed by atoms with Crippen molar-refractivity contribution in [1.82, 2.24) is 9.96 Å². The molecule has 0 spiro atoms. The molecule has 1 fully saturated rings. The van der Waals surface area contributed by atoms with Gasteiger partial charge in [0.05, 0.1) is 13.2 Å². The lowest BCUT2D eigenvalue weighted by Gasteiger charge is -2.21. The normalized spacial score (nSPS) is 18.1. The second kappa shape index (κ2) is 10.4. The second-order valence-corrected chi connectivity index (χ2v) is 5.80. The van der Waals surface area contributed by atoms with Crippen molar-refractivity contribution >= 4 is 12.0 Å². The minimum atomic E-state index is -0.679. The van der Waals surface area contributed by atoms with Gasteiger partial charge in [-0.05, 0) is 13.3 Å². The zero-order valence-corrected chi connectivity index (χ0v) is 13.9. The van der Waals surface area contributed by atoms with Crippen molar-refractivity contribution in [3.63, 3.8) is 0 Å². The molecule has 2 amide bonds. The summed E-state index contributed by atoms with van der Waals surface area (Å²) in [5.74, 6) is -0.438. The van der Waals surface area contributed by atoms with Gasteiger partial charge >= 0.3 is 12.0 Å². The first-order valence-corrected chi connectivity index (χ1v) is 8.55.